The van der Waals surface area contributed by atoms with Crippen LogP contribution in [-0.4, -0.2) is 39.8 Å². The van der Waals surface area contributed by atoms with Gasteiger partial charge in [-0.25, -0.2) is 4.39 Å². The van der Waals surface area contributed by atoms with Crippen LogP contribution < -0.4 is 10.6 Å². The summed E-state index contributed by atoms with van der Waals surface area (Å²) in [4.78, 5) is 41.7. The third kappa shape index (κ3) is 4.66. The number of nitrogens with zero attached hydrogens (tertiary/aromatic N) is 1. The smallest absolute Gasteiger partial charge is 0.246 e. The van der Waals surface area contributed by atoms with E-state index < -0.39 is 24.0 Å². The number of halogens is 1. The molecule has 2 aliphatic rings. The van der Waals surface area contributed by atoms with Crippen molar-refractivity contribution in [3.05, 3.63) is 101 Å². The lowest BCUT2D eigenvalue weighted by atomic mass is 9.92. The standard InChI is InChI=1S/C28H26FN3O4/c29-20-10-6-18(7-11-20)16-30-26(34)22-15-24-27(35)31-23(14-17-4-2-1-3-5-17)28(36)32(24)25(22)19-8-12-21(33)13-9-19/h1-13,22-25,33H,14-16H2,(H,30,34)(H,31,35)/t22-,23-,24-,25-/m0/s1. The molecule has 2 aliphatic heterocycles. The van der Waals surface area contributed by atoms with Crippen molar-refractivity contribution in [1.82, 2.24) is 15.5 Å². The molecule has 3 aromatic carbocycles. The summed E-state index contributed by atoms with van der Waals surface area (Å²) in [5.74, 6) is -1.80. The van der Waals surface area contributed by atoms with E-state index in [0.29, 0.717) is 12.0 Å². The molecule has 3 N–H and O–H groups in total. The molecule has 2 fully saturated rings. The molecule has 5 rings (SSSR count). The first-order valence-electron chi connectivity index (χ1n) is 11.9. The number of phenols is 1. The summed E-state index contributed by atoms with van der Waals surface area (Å²) in [5, 5.41) is 15.5. The number of aromatic hydroxyl groups is 1. The highest BCUT2D eigenvalue weighted by Gasteiger charge is 2.54. The molecule has 0 bridgehead atoms. The van der Waals surface area contributed by atoms with Crippen LogP contribution in [-0.2, 0) is 27.3 Å². The third-order valence-corrected chi connectivity index (χ3v) is 6.90. The molecule has 0 aliphatic carbocycles. The van der Waals surface area contributed by atoms with Crippen LogP contribution in [0.5, 0.6) is 5.75 Å². The highest BCUT2D eigenvalue weighted by molar-refractivity contribution is 5.99. The molecule has 184 valence electrons. The molecule has 0 radical (unpaired) electrons. The number of benzene rings is 3. The maximum absolute atomic E-state index is 13.7. The summed E-state index contributed by atoms with van der Waals surface area (Å²) < 4.78 is 13.2. The highest BCUT2D eigenvalue weighted by Crippen LogP contribution is 2.43. The monoisotopic (exact) mass is 487 g/mol. The first-order chi connectivity index (χ1) is 17.4. The maximum Gasteiger partial charge on any atom is 0.246 e. The van der Waals surface area contributed by atoms with Crippen LogP contribution in [0.2, 0.25) is 0 Å². The van der Waals surface area contributed by atoms with Gasteiger partial charge < -0.3 is 20.6 Å². The number of piperazine rings is 1. The van der Waals surface area contributed by atoms with Crippen molar-refractivity contribution in [2.75, 3.05) is 0 Å². The predicted octanol–water partition coefficient (Wildman–Crippen LogP) is 2.85. The highest BCUT2D eigenvalue weighted by atomic mass is 19.1. The van der Waals surface area contributed by atoms with E-state index in [0.717, 1.165) is 11.1 Å². The molecule has 2 saturated heterocycles. The average Bonchev–Trinajstić information content (AvgIpc) is 3.29. The molecule has 0 saturated carbocycles. The van der Waals surface area contributed by atoms with E-state index in [9.17, 15) is 23.9 Å². The maximum atomic E-state index is 13.7. The molecule has 2 heterocycles. The Labute approximate surface area is 207 Å². The van der Waals surface area contributed by atoms with Crippen molar-refractivity contribution in [2.45, 2.75) is 37.5 Å². The summed E-state index contributed by atoms with van der Waals surface area (Å²) >= 11 is 0. The Bertz CT molecular complexity index is 1260. The lowest BCUT2D eigenvalue weighted by molar-refractivity contribution is -0.149. The van der Waals surface area contributed by atoms with Crippen LogP contribution in [0.15, 0.2) is 78.9 Å². The Balaban J connectivity index is 1.42. The van der Waals surface area contributed by atoms with Gasteiger partial charge >= 0.3 is 0 Å². The van der Waals surface area contributed by atoms with Gasteiger partial charge in [0.05, 0.1) is 12.0 Å². The van der Waals surface area contributed by atoms with Crippen molar-refractivity contribution >= 4 is 17.7 Å². The topological polar surface area (TPSA) is 98.7 Å². The predicted molar refractivity (Wildman–Crippen MR) is 130 cm³/mol. The number of fused-ring (bicyclic) bond motifs is 1. The van der Waals surface area contributed by atoms with Crippen LogP contribution >= 0.6 is 0 Å². The second-order valence-electron chi connectivity index (χ2n) is 9.24. The number of carbonyl (C=O) groups is 3. The number of rotatable bonds is 6. The van der Waals surface area contributed by atoms with E-state index in [2.05, 4.69) is 10.6 Å². The van der Waals surface area contributed by atoms with Gasteiger partial charge in [0.2, 0.25) is 17.7 Å². The van der Waals surface area contributed by atoms with E-state index in [1.807, 2.05) is 30.3 Å². The van der Waals surface area contributed by atoms with Gasteiger partial charge in [0.15, 0.2) is 0 Å². The molecule has 4 atom stereocenters. The number of hydrogen-bond donors (Lipinski definition) is 3. The molecule has 0 unspecified atom stereocenters. The zero-order valence-corrected chi connectivity index (χ0v) is 19.4. The fraction of sp³-hybridized carbons (Fsp3) is 0.250. The summed E-state index contributed by atoms with van der Waals surface area (Å²) in [6.07, 6.45) is 0.523. The molecule has 3 aromatic rings. The quantitative estimate of drug-likeness (QED) is 0.498. The van der Waals surface area contributed by atoms with E-state index in [-0.39, 0.29) is 42.3 Å². The molecule has 0 spiro atoms. The second kappa shape index (κ2) is 9.81. The Morgan fingerprint density at radius 3 is 2.36 bits per heavy atom. The molecule has 3 amide bonds. The molecule has 8 heteroatoms. The number of hydrogen-bond acceptors (Lipinski definition) is 4. The van der Waals surface area contributed by atoms with Crippen LogP contribution in [0.4, 0.5) is 4.39 Å². The lowest BCUT2D eigenvalue weighted by Gasteiger charge is -2.38. The van der Waals surface area contributed by atoms with Gasteiger partial charge in [-0.1, -0.05) is 54.6 Å². The van der Waals surface area contributed by atoms with Crippen molar-refractivity contribution in [3.8, 4) is 5.75 Å². The van der Waals surface area contributed by atoms with Crippen LogP contribution in [0.3, 0.4) is 0 Å². The summed E-state index contributed by atoms with van der Waals surface area (Å²) in [5.41, 5.74) is 2.32. The minimum absolute atomic E-state index is 0.0651. The SMILES string of the molecule is O=C(NCc1ccc(F)cc1)[C@H]1C[C@H]2C(=O)N[C@@H](Cc3ccccc3)C(=O)N2[C@H]1c1ccc(O)cc1. The lowest BCUT2D eigenvalue weighted by Crippen LogP contribution is -2.62. The van der Waals surface area contributed by atoms with Crippen molar-refractivity contribution in [1.29, 1.82) is 0 Å². The number of nitrogens with one attached hydrogen (secondary N) is 2. The van der Waals surface area contributed by atoms with E-state index in [1.165, 1.54) is 24.3 Å². The van der Waals surface area contributed by atoms with Crippen molar-refractivity contribution in [2.24, 2.45) is 5.92 Å². The van der Waals surface area contributed by atoms with Gasteiger partial charge in [0.25, 0.3) is 0 Å². The molecule has 7 nitrogen and oxygen atoms in total. The summed E-state index contributed by atoms with van der Waals surface area (Å²) in [6, 6.07) is 19.5. The first-order valence-corrected chi connectivity index (χ1v) is 11.9. The first kappa shape index (κ1) is 23.5. The van der Waals surface area contributed by atoms with Crippen molar-refractivity contribution < 1.29 is 23.9 Å². The zero-order valence-electron chi connectivity index (χ0n) is 19.4. The number of amides is 3. The minimum atomic E-state index is -0.773. The Hall–Kier alpha value is -4.20. The third-order valence-electron chi connectivity index (χ3n) is 6.90. The Morgan fingerprint density at radius 2 is 1.67 bits per heavy atom. The minimum Gasteiger partial charge on any atom is -0.508 e. The van der Waals surface area contributed by atoms with Crippen LogP contribution in [0.25, 0.3) is 0 Å². The largest absolute Gasteiger partial charge is 0.508 e. The Kier molecular flexibility index (Phi) is 6.41. The van der Waals surface area contributed by atoms with Gasteiger partial charge in [0, 0.05) is 13.0 Å². The van der Waals surface area contributed by atoms with Gasteiger partial charge in [-0.3, -0.25) is 14.4 Å². The van der Waals surface area contributed by atoms with Crippen LogP contribution in [0, 0.1) is 11.7 Å². The normalized spacial score (nSPS) is 23.2. The molecular formula is C28H26FN3O4. The molecular weight excluding hydrogens is 461 g/mol. The molecule has 36 heavy (non-hydrogen) atoms. The second-order valence-corrected chi connectivity index (χ2v) is 9.24. The summed E-state index contributed by atoms with van der Waals surface area (Å²) in [7, 11) is 0. The van der Waals surface area contributed by atoms with Crippen LogP contribution in [0.1, 0.15) is 29.2 Å². The van der Waals surface area contributed by atoms with E-state index in [4.69, 9.17) is 0 Å². The fourth-order valence-electron chi connectivity index (χ4n) is 5.13. The fourth-order valence-corrected chi connectivity index (χ4v) is 5.13. The average molecular weight is 488 g/mol. The van der Waals surface area contributed by atoms with Gasteiger partial charge in [-0.05, 0) is 47.4 Å². The van der Waals surface area contributed by atoms with E-state index >= 15 is 0 Å². The molecule has 0 aromatic heterocycles. The van der Waals surface area contributed by atoms with E-state index in [1.54, 1.807) is 29.2 Å². The van der Waals surface area contributed by atoms with Crippen molar-refractivity contribution in [3.63, 3.8) is 0 Å². The number of carbonyl (C=O) groups excluding carboxylic acids is 3. The zero-order chi connectivity index (χ0) is 25.2. The summed E-state index contributed by atoms with van der Waals surface area (Å²) in [6.45, 7) is 0.194. The van der Waals surface area contributed by atoms with Gasteiger partial charge in [-0.15, -0.1) is 0 Å². The Morgan fingerprint density at radius 1 is 0.972 bits per heavy atom. The van der Waals surface area contributed by atoms with Gasteiger partial charge in [0.1, 0.15) is 23.7 Å². The van der Waals surface area contributed by atoms with Gasteiger partial charge in [-0.2, -0.15) is 0 Å². The number of phenolic OH excluding ortho intramolecular Hbond substituents is 1.